The topological polar surface area (TPSA) is 67.4 Å². The lowest BCUT2D eigenvalue weighted by Gasteiger charge is -2.06. The highest BCUT2D eigenvalue weighted by molar-refractivity contribution is 5.96. The molecule has 0 aromatic heterocycles. The van der Waals surface area contributed by atoms with Crippen LogP contribution in [-0.4, -0.2) is 38.6 Å². The molecule has 0 radical (unpaired) electrons. The van der Waals surface area contributed by atoms with Crippen molar-refractivity contribution in [3.63, 3.8) is 0 Å². The summed E-state index contributed by atoms with van der Waals surface area (Å²) in [7, 11) is 1.61. The molecule has 98 valence electrons. The molecular weight excluding hydrogens is 232 g/mol. The first-order valence-electron chi connectivity index (χ1n) is 5.83. The molecule has 5 heteroatoms. The third kappa shape index (κ3) is 5.45. The highest BCUT2D eigenvalue weighted by Crippen LogP contribution is 1.97. The lowest BCUT2D eigenvalue weighted by atomic mass is 10.2. The van der Waals surface area contributed by atoms with Crippen LogP contribution in [0.3, 0.4) is 0 Å². The second kappa shape index (κ2) is 8.25. The summed E-state index contributed by atoms with van der Waals surface area (Å²) >= 11 is 0. The van der Waals surface area contributed by atoms with Gasteiger partial charge in [-0.1, -0.05) is 18.2 Å². The van der Waals surface area contributed by atoms with E-state index in [1.165, 1.54) is 0 Å². The number of nitrogens with one attached hydrogen (secondary N) is 2. The van der Waals surface area contributed by atoms with Crippen LogP contribution >= 0.6 is 0 Å². The molecule has 1 rings (SSSR count). The maximum Gasteiger partial charge on any atom is 0.251 e. The van der Waals surface area contributed by atoms with E-state index in [4.69, 9.17) is 4.74 Å². The van der Waals surface area contributed by atoms with Crippen LogP contribution in [0.2, 0.25) is 0 Å². The van der Waals surface area contributed by atoms with E-state index in [0.29, 0.717) is 18.7 Å². The third-order valence-electron chi connectivity index (χ3n) is 2.29. The first-order valence-corrected chi connectivity index (χ1v) is 5.83. The van der Waals surface area contributed by atoms with Gasteiger partial charge < -0.3 is 15.4 Å². The van der Waals surface area contributed by atoms with E-state index in [0.717, 1.165) is 6.42 Å². The predicted octanol–water partition coefficient (Wildman–Crippen LogP) is 0.569. The van der Waals surface area contributed by atoms with Gasteiger partial charge in [0, 0.05) is 25.8 Å². The van der Waals surface area contributed by atoms with E-state index < -0.39 is 0 Å². The number of carbonyl (C=O) groups is 2. The van der Waals surface area contributed by atoms with Crippen molar-refractivity contribution in [2.24, 2.45) is 0 Å². The molecule has 0 heterocycles. The summed E-state index contributed by atoms with van der Waals surface area (Å²) in [4.78, 5) is 23.0. The number of ether oxygens (including phenoxy) is 1. The maximum absolute atomic E-state index is 11.6. The fraction of sp³-hybridized carbons (Fsp3) is 0.385. The molecule has 1 aromatic rings. The van der Waals surface area contributed by atoms with Gasteiger partial charge in [0.15, 0.2) is 0 Å². The van der Waals surface area contributed by atoms with Gasteiger partial charge in [0.2, 0.25) is 5.91 Å². The zero-order valence-electron chi connectivity index (χ0n) is 10.4. The van der Waals surface area contributed by atoms with Crippen LogP contribution in [0.4, 0.5) is 0 Å². The number of hydrogen-bond acceptors (Lipinski definition) is 3. The van der Waals surface area contributed by atoms with Crippen LogP contribution in [0, 0.1) is 0 Å². The smallest absolute Gasteiger partial charge is 0.251 e. The highest BCUT2D eigenvalue weighted by atomic mass is 16.5. The van der Waals surface area contributed by atoms with Gasteiger partial charge in [0.25, 0.3) is 5.91 Å². The van der Waals surface area contributed by atoms with E-state index in [1.54, 1.807) is 31.4 Å². The fourth-order valence-electron chi connectivity index (χ4n) is 1.36. The molecule has 0 unspecified atom stereocenters. The zero-order chi connectivity index (χ0) is 13.2. The Labute approximate surface area is 107 Å². The van der Waals surface area contributed by atoms with Gasteiger partial charge in [-0.3, -0.25) is 9.59 Å². The van der Waals surface area contributed by atoms with E-state index >= 15 is 0 Å². The fourth-order valence-corrected chi connectivity index (χ4v) is 1.36. The molecule has 1 aromatic carbocycles. The number of methoxy groups -OCH3 is 1. The summed E-state index contributed by atoms with van der Waals surface area (Å²) < 4.78 is 4.86. The van der Waals surface area contributed by atoms with Crippen LogP contribution in [0.5, 0.6) is 0 Å². The summed E-state index contributed by atoms with van der Waals surface area (Å²) in [6.07, 6.45) is 0.759. The summed E-state index contributed by atoms with van der Waals surface area (Å²) in [6.45, 7) is 1.14. The number of hydrogen-bond donors (Lipinski definition) is 2. The minimum absolute atomic E-state index is 0.0132. The summed E-state index contributed by atoms with van der Waals surface area (Å²) in [5, 5.41) is 5.25. The molecule has 0 atom stereocenters. The molecule has 0 aliphatic heterocycles. The SMILES string of the molecule is COCCCNC(=O)CNC(=O)c1ccccc1. The Morgan fingerprint density at radius 1 is 1.17 bits per heavy atom. The number of rotatable bonds is 7. The minimum Gasteiger partial charge on any atom is -0.385 e. The van der Waals surface area contributed by atoms with E-state index in [1.807, 2.05) is 6.07 Å². The van der Waals surface area contributed by atoms with Crippen LogP contribution in [0.25, 0.3) is 0 Å². The van der Waals surface area contributed by atoms with Crippen LogP contribution < -0.4 is 10.6 Å². The molecule has 0 saturated carbocycles. The molecule has 18 heavy (non-hydrogen) atoms. The van der Waals surface area contributed by atoms with Gasteiger partial charge >= 0.3 is 0 Å². The summed E-state index contributed by atoms with van der Waals surface area (Å²) in [5.41, 5.74) is 0.546. The Kier molecular flexibility index (Phi) is 6.50. The first-order chi connectivity index (χ1) is 8.74. The molecule has 0 aliphatic rings. The zero-order valence-corrected chi connectivity index (χ0v) is 10.4. The van der Waals surface area contributed by atoms with Gasteiger partial charge in [0.1, 0.15) is 0 Å². The molecule has 0 saturated heterocycles. The molecular formula is C13H18N2O3. The number of carbonyl (C=O) groups excluding carboxylic acids is 2. The summed E-state index contributed by atoms with van der Waals surface area (Å²) in [5.74, 6) is -0.446. The van der Waals surface area contributed by atoms with Crippen molar-refractivity contribution in [2.45, 2.75) is 6.42 Å². The Morgan fingerprint density at radius 3 is 2.56 bits per heavy atom. The molecule has 0 spiro atoms. The van der Waals surface area contributed by atoms with Crippen LogP contribution in [0.1, 0.15) is 16.8 Å². The van der Waals surface area contributed by atoms with Crippen molar-refractivity contribution in [3.8, 4) is 0 Å². The standard InChI is InChI=1S/C13H18N2O3/c1-18-9-5-8-14-12(16)10-15-13(17)11-6-3-2-4-7-11/h2-4,6-7H,5,8-10H2,1H3,(H,14,16)(H,15,17). The molecule has 5 nitrogen and oxygen atoms in total. The van der Waals surface area contributed by atoms with E-state index in [-0.39, 0.29) is 18.4 Å². The second-order valence-corrected chi connectivity index (χ2v) is 3.75. The Hall–Kier alpha value is -1.88. The summed E-state index contributed by atoms with van der Waals surface area (Å²) in [6, 6.07) is 8.79. The lowest BCUT2D eigenvalue weighted by Crippen LogP contribution is -2.37. The molecule has 0 fully saturated rings. The van der Waals surface area contributed by atoms with Gasteiger partial charge in [-0.05, 0) is 18.6 Å². The van der Waals surface area contributed by atoms with Crippen LogP contribution in [-0.2, 0) is 9.53 Å². The van der Waals surface area contributed by atoms with Crippen molar-refractivity contribution in [3.05, 3.63) is 35.9 Å². The normalized spacial score (nSPS) is 9.83. The minimum atomic E-state index is -0.248. The van der Waals surface area contributed by atoms with Gasteiger partial charge in [-0.2, -0.15) is 0 Å². The molecule has 2 N–H and O–H groups in total. The van der Waals surface area contributed by atoms with Gasteiger partial charge in [-0.15, -0.1) is 0 Å². The van der Waals surface area contributed by atoms with Crippen molar-refractivity contribution in [1.82, 2.24) is 10.6 Å². The van der Waals surface area contributed by atoms with E-state index in [9.17, 15) is 9.59 Å². The van der Waals surface area contributed by atoms with Crippen LogP contribution in [0.15, 0.2) is 30.3 Å². The van der Waals surface area contributed by atoms with E-state index in [2.05, 4.69) is 10.6 Å². The molecule has 2 amide bonds. The van der Waals surface area contributed by atoms with Crippen molar-refractivity contribution in [1.29, 1.82) is 0 Å². The average Bonchev–Trinajstić information content (AvgIpc) is 2.42. The molecule has 0 aliphatic carbocycles. The Morgan fingerprint density at radius 2 is 1.89 bits per heavy atom. The quantitative estimate of drug-likeness (QED) is 0.695. The Bertz CT molecular complexity index is 379. The van der Waals surface area contributed by atoms with Crippen molar-refractivity contribution < 1.29 is 14.3 Å². The largest absolute Gasteiger partial charge is 0.385 e. The predicted molar refractivity (Wildman–Crippen MR) is 68.3 cm³/mol. The van der Waals surface area contributed by atoms with Crippen molar-refractivity contribution >= 4 is 11.8 Å². The number of amides is 2. The van der Waals surface area contributed by atoms with Crippen molar-refractivity contribution in [2.75, 3.05) is 26.8 Å². The number of benzene rings is 1. The van der Waals surface area contributed by atoms with Gasteiger partial charge in [-0.25, -0.2) is 0 Å². The Balaban J connectivity index is 2.20. The molecule has 0 bridgehead atoms. The average molecular weight is 250 g/mol. The lowest BCUT2D eigenvalue weighted by molar-refractivity contribution is -0.120. The highest BCUT2D eigenvalue weighted by Gasteiger charge is 2.06. The monoisotopic (exact) mass is 250 g/mol. The second-order valence-electron chi connectivity index (χ2n) is 3.75. The third-order valence-corrected chi connectivity index (χ3v) is 2.29. The maximum atomic E-state index is 11.6. The first kappa shape index (κ1) is 14.2. The van der Waals surface area contributed by atoms with Gasteiger partial charge in [0.05, 0.1) is 6.54 Å².